The molecule has 6 nitrogen and oxygen atoms in total. The predicted octanol–water partition coefficient (Wildman–Crippen LogP) is 1.35. The molecule has 0 aliphatic carbocycles. The number of hydrogen-bond donors (Lipinski definition) is 1. The normalized spacial score (nSPS) is 18.4. The highest BCUT2D eigenvalue weighted by molar-refractivity contribution is 5.80. The molecule has 0 aromatic carbocycles. The van der Waals surface area contributed by atoms with Crippen LogP contribution < -0.4 is 0 Å². The van der Waals surface area contributed by atoms with E-state index >= 15 is 0 Å². The van der Waals surface area contributed by atoms with Crippen molar-refractivity contribution in [3.05, 3.63) is 0 Å². The Labute approximate surface area is 126 Å². The van der Waals surface area contributed by atoms with Crippen LogP contribution in [0.4, 0.5) is 0 Å². The van der Waals surface area contributed by atoms with Gasteiger partial charge in [-0.3, -0.25) is 14.4 Å². The molecule has 1 saturated heterocycles. The highest BCUT2D eigenvalue weighted by Crippen LogP contribution is 2.18. The summed E-state index contributed by atoms with van der Waals surface area (Å²) in [6, 6.07) is 0. The van der Waals surface area contributed by atoms with Gasteiger partial charge in [0.05, 0.1) is 5.92 Å². The van der Waals surface area contributed by atoms with E-state index in [0.29, 0.717) is 51.9 Å². The van der Waals surface area contributed by atoms with Crippen molar-refractivity contribution in [2.45, 2.75) is 46.0 Å². The van der Waals surface area contributed by atoms with Gasteiger partial charge >= 0.3 is 5.97 Å². The van der Waals surface area contributed by atoms with E-state index in [1.54, 1.807) is 9.80 Å². The Morgan fingerprint density at radius 3 is 2.43 bits per heavy atom. The van der Waals surface area contributed by atoms with Crippen LogP contribution >= 0.6 is 0 Å². The second kappa shape index (κ2) is 8.64. The number of carboxylic acids is 1. The van der Waals surface area contributed by atoms with Crippen molar-refractivity contribution in [3.63, 3.8) is 0 Å². The first kappa shape index (κ1) is 17.5. The molecule has 1 heterocycles. The maximum absolute atomic E-state index is 12.1. The van der Waals surface area contributed by atoms with Crippen LogP contribution in [0.15, 0.2) is 0 Å². The molecule has 1 aliphatic rings. The molecule has 2 amide bonds. The van der Waals surface area contributed by atoms with Crippen LogP contribution in [0.3, 0.4) is 0 Å². The zero-order valence-electron chi connectivity index (χ0n) is 13.0. The summed E-state index contributed by atoms with van der Waals surface area (Å²) < 4.78 is 0. The molecule has 0 bridgehead atoms. The van der Waals surface area contributed by atoms with Crippen molar-refractivity contribution in [2.24, 2.45) is 5.92 Å². The summed E-state index contributed by atoms with van der Waals surface area (Å²) in [4.78, 5) is 38.3. The molecular weight excluding hydrogens is 272 g/mol. The van der Waals surface area contributed by atoms with Crippen molar-refractivity contribution >= 4 is 17.8 Å². The highest BCUT2D eigenvalue weighted by Gasteiger charge is 2.27. The molecule has 0 saturated carbocycles. The molecule has 0 aromatic rings. The lowest BCUT2D eigenvalue weighted by Gasteiger charge is -2.30. The number of hydrogen-bond acceptors (Lipinski definition) is 3. The topological polar surface area (TPSA) is 77.9 Å². The molecule has 0 spiro atoms. The second-order valence-corrected chi connectivity index (χ2v) is 5.44. The molecule has 1 aliphatic heterocycles. The third kappa shape index (κ3) is 5.36. The molecule has 21 heavy (non-hydrogen) atoms. The Hall–Kier alpha value is -1.59. The number of aliphatic carboxylic acids is 1. The fourth-order valence-corrected chi connectivity index (χ4v) is 2.69. The first-order valence-electron chi connectivity index (χ1n) is 7.77. The van der Waals surface area contributed by atoms with Crippen molar-refractivity contribution < 1.29 is 19.5 Å². The van der Waals surface area contributed by atoms with Crippen LogP contribution in [0.1, 0.15) is 46.0 Å². The second-order valence-electron chi connectivity index (χ2n) is 5.44. The van der Waals surface area contributed by atoms with Gasteiger partial charge in [0.2, 0.25) is 11.8 Å². The van der Waals surface area contributed by atoms with E-state index in [-0.39, 0.29) is 11.8 Å². The van der Waals surface area contributed by atoms with Gasteiger partial charge in [-0.05, 0) is 33.1 Å². The van der Waals surface area contributed by atoms with E-state index < -0.39 is 11.9 Å². The van der Waals surface area contributed by atoms with E-state index in [4.69, 9.17) is 5.11 Å². The van der Waals surface area contributed by atoms with E-state index in [9.17, 15) is 14.4 Å². The fourth-order valence-electron chi connectivity index (χ4n) is 2.69. The largest absolute Gasteiger partial charge is 0.481 e. The maximum Gasteiger partial charge on any atom is 0.308 e. The van der Waals surface area contributed by atoms with Gasteiger partial charge in [0.15, 0.2) is 0 Å². The standard InChI is InChI=1S/C15H26N2O4/c1-3-16(4-2)13(18)8-5-9-14(19)17-10-6-7-12(11-17)15(20)21/h12H,3-11H2,1-2H3,(H,20,21). The number of piperidine rings is 1. The highest BCUT2D eigenvalue weighted by atomic mass is 16.4. The van der Waals surface area contributed by atoms with Gasteiger partial charge in [-0.25, -0.2) is 0 Å². The summed E-state index contributed by atoms with van der Waals surface area (Å²) >= 11 is 0. The summed E-state index contributed by atoms with van der Waals surface area (Å²) in [6.07, 6.45) is 2.60. The summed E-state index contributed by atoms with van der Waals surface area (Å²) in [6.45, 7) is 6.19. The molecule has 120 valence electrons. The average molecular weight is 298 g/mol. The van der Waals surface area contributed by atoms with Crippen molar-refractivity contribution in [2.75, 3.05) is 26.2 Å². The Bertz CT molecular complexity index is 380. The van der Waals surface area contributed by atoms with Crippen LogP contribution in [-0.2, 0) is 14.4 Å². The molecule has 6 heteroatoms. The van der Waals surface area contributed by atoms with Crippen molar-refractivity contribution in [1.29, 1.82) is 0 Å². The first-order valence-corrected chi connectivity index (χ1v) is 7.77. The summed E-state index contributed by atoms with van der Waals surface area (Å²) in [5.74, 6) is -1.23. The van der Waals surface area contributed by atoms with Gasteiger partial charge in [-0.1, -0.05) is 0 Å². The Kier molecular flexibility index (Phi) is 7.19. The Morgan fingerprint density at radius 1 is 1.19 bits per heavy atom. The average Bonchev–Trinajstić information content (AvgIpc) is 2.48. The zero-order valence-corrected chi connectivity index (χ0v) is 13.0. The fraction of sp³-hybridized carbons (Fsp3) is 0.800. The molecule has 1 atom stereocenters. The molecule has 1 fully saturated rings. The molecule has 0 aromatic heterocycles. The minimum Gasteiger partial charge on any atom is -0.481 e. The lowest BCUT2D eigenvalue weighted by atomic mass is 9.98. The monoisotopic (exact) mass is 298 g/mol. The summed E-state index contributed by atoms with van der Waals surface area (Å²) in [5, 5.41) is 9.01. The zero-order chi connectivity index (χ0) is 15.8. The third-order valence-electron chi connectivity index (χ3n) is 4.02. The van der Waals surface area contributed by atoms with Gasteiger partial charge in [-0.2, -0.15) is 0 Å². The quantitative estimate of drug-likeness (QED) is 0.769. The first-order chi connectivity index (χ1) is 9.99. The number of carbonyl (C=O) groups excluding carboxylic acids is 2. The lowest BCUT2D eigenvalue weighted by molar-refractivity contribution is -0.145. The molecule has 1 rings (SSSR count). The number of likely N-dealkylation sites (tertiary alicyclic amines) is 1. The van der Waals surface area contributed by atoms with Crippen LogP contribution in [0, 0.1) is 5.92 Å². The van der Waals surface area contributed by atoms with Gasteiger partial charge in [-0.15, -0.1) is 0 Å². The number of nitrogens with zero attached hydrogens (tertiary/aromatic N) is 2. The van der Waals surface area contributed by atoms with E-state index in [2.05, 4.69) is 0 Å². The van der Waals surface area contributed by atoms with Crippen LogP contribution in [0.25, 0.3) is 0 Å². The lowest BCUT2D eigenvalue weighted by Crippen LogP contribution is -2.42. The molecular formula is C15H26N2O4. The Morgan fingerprint density at radius 2 is 1.86 bits per heavy atom. The van der Waals surface area contributed by atoms with Gasteiger partial charge < -0.3 is 14.9 Å². The predicted molar refractivity (Wildman–Crippen MR) is 78.7 cm³/mol. The van der Waals surface area contributed by atoms with E-state index in [0.717, 1.165) is 6.42 Å². The maximum atomic E-state index is 12.1. The minimum absolute atomic E-state index is 0.0340. The van der Waals surface area contributed by atoms with Crippen LogP contribution in [-0.4, -0.2) is 58.9 Å². The smallest absolute Gasteiger partial charge is 0.308 e. The van der Waals surface area contributed by atoms with Crippen molar-refractivity contribution in [3.8, 4) is 0 Å². The van der Waals surface area contributed by atoms with Gasteiger partial charge in [0.1, 0.15) is 0 Å². The molecule has 1 unspecified atom stereocenters. The third-order valence-corrected chi connectivity index (χ3v) is 4.02. The summed E-state index contributed by atoms with van der Waals surface area (Å²) in [7, 11) is 0. The van der Waals surface area contributed by atoms with Gasteiger partial charge in [0, 0.05) is 39.0 Å². The summed E-state index contributed by atoms with van der Waals surface area (Å²) in [5.41, 5.74) is 0. The number of amides is 2. The number of carboxylic acid groups (broad SMARTS) is 1. The molecule has 1 N–H and O–H groups in total. The number of rotatable bonds is 7. The van der Waals surface area contributed by atoms with Gasteiger partial charge in [0.25, 0.3) is 0 Å². The van der Waals surface area contributed by atoms with Crippen LogP contribution in [0.2, 0.25) is 0 Å². The SMILES string of the molecule is CCN(CC)C(=O)CCCC(=O)N1CCCC(C(=O)O)C1. The van der Waals surface area contributed by atoms with E-state index in [1.165, 1.54) is 0 Å². The number of carbonyl (C=O) groups is 3. The minimum atomic E-state index is -0.829. The van der Waals surface area contributed by atoms with Crippen LogP contribution in [0.5, 0.6) is 0 Å². The molecule has 0 radical (unpaired) electrons. The van der Waals surface area contributed by atoms with E-state index in [1.807, 2.05) is 13.8 Å². The Balaban J connectivity index is 2.33. The van der Waals surface area contributed by atoms with Crippen molar-refractivity contribution in [1.82, 2.24) is 9.80 Å².